The van der Waals surface area contributed by atoms with Crippen molar-refractivity contribution in [2.75, 3.05) is 13.2 Å². The molecule has 0 bridgehead atoms. The van der Waals surface area contributed by atoms with Crippen molar-refractivity contribution < 1.29 is 19.1 Å². The highest BCUT2D eigenvalue weighted by Crippen LogP contribution is 2.22. The maximum Gasteiger partial charge on any atom is 0.325 e. The lowest BCUT2D eigenvalue weighted by molar-refractivity contribution is -0.147. The molecule has 24 heavy (non-hydrogen) atoms. The van der Waals surface area contributed by atoms with E-state index in [0.717, 1.165) is 12.8 Å². The number of hydrogen-bond acceptors (Lipinski definition) is 4. The van der Waals surface area contributed by atoms with Gasteiger partial charge < -0.3 is 15.4 Å². The fourth-order valence-corrected chi connectivity index (χ4v) is 2.21. The third-order valence-electron chi connectivity index (χ3n) is 3.07. The molecule has 0 aliphatic carbocycles. The highest BCUT2D eigenvalue weighted by atomic mass is 35.5. The first-order chi connectivity index (χ1) is 11.3. The van der Waals surface area contributed by atoms with Crippen molar-refractivity contribution >= 4 is 41.0 Å². The van der Waals surface area contributed by atoms with E-state index in [4.69, 9.17) is 27.9 Å². The molecule has 132 valence electrons. The van der Waals surface area contributed by atoms with E-state index in [1.165, 1.54) is 18.2 Å². The maximum absolute atomic E-state index is 11.9. The van der Waals surface area contributed by atoms with E-state index in [1.807, 2.05) is 13.8 Å². The summed E-state index contributed by atoms with van der Waals surface area (Å²) in [7, 11) is 0. The number of amides is 2. The lowest BCUT2D eigenvalue weighted by Gasteiger charge is -2.12. The van der Waals surface area contributed by atoms with Crippen LogP contribution >= 0.6 is 23.2 Å². The first-order valence-electron chi connectivity index (χ1n) is 7.51. The van der Waals surface area contributed by atoms with Gasteiger partial charge in [-0.25, -0.2) is 0 Å². The molecular weight excluding hydrogens is 355 g/mol. The fraction of sp³-hybridized carbons (Fsp3) is 0.438. The summed E-state index contributed by atoms with van der Waals surface area (Å²) in [6.45, 7) is 3.16. The molecule has 0 fully saturated rings. The van der Waals surface area contributed by atoms with Crippen LogP contribution < -0.4 is 10.6 Å². The minimum atomic E-state index is -0.707. The number of benzene rings is 1. The summed E-state index contributed by atoms with van der Waals surface area (Å²) in [6.07, 6.45) is 1.79. The molecule has 0 saturated carbocycles. The zero-order valence-corrected chi connectivity index (χ0v) is 15.0. The van der Waals surface area contributed by atoms with Crippen LogP contribution in [0.3, 0.4) is 0 Å². The van der Waals surface area contributed by atoms with Gasteiger partial charge in [0.1, 0.15) is 6.54 Å². The third kappa shape index (κ3) is 7.19. The Labute approximate surface area is 150 Å². The monoisotopic (exact) mass is 374 g/mol. The molecular formula is C16H20Cl2N2O4. The third-order valence-corrected chi connectivity index (χ3v) is 3.81. The number of hydrogen-bond donors (Lipinski definition) is 2. The SMILES string of the molecule is CCC[C@@H](C)NC(=O)COC(=O)CNC(=O)c1ccc(Cl)c(Cl)c1. The topological polar surface area (TPSA) is 84.5 Å². The van der Waals surface area contributed by atoms with E-state index in [-0.39, 0.29) is 35.7 Å². The molecule has 1 aromatic carbocycles. The second-order valence-corrected chi connectivity index (χ2v) is 6.04. The molecule has 6 nitrogen and oxygen atoms in total. The molecule has 1 atom stereocenters. The van der Waals surface area contributed by atoms with Gasteiger partial charge in [0.2, 0.25) is 0 Å². The van der Waals surface area contributed by atoms with Gasteiger partial charge in [0.15, 0.2) is 6.61 Å². The highest BCUT2D eigenvalue weighted by molar-refractivity contribution is 6.42. The molecule has 0 aliphatic heterocycles. The number of nitrogens with one attached hydrogen (secondary N) is 2. The normalized spacial score (nSPS) is 11.5. The van der Waals surface area contributed by atoms with Crippen LogP contribution in [0, 0.1) is 0 Å². The Morgan fingerprint density at radius 2 is 1.92 bits per heavy atom. The zero-order valence-electron chi connectivity index (χ0n) is 13.5. The van der Waals surface area contributed by atoms with Crippen LogP contribution in [0.15, 0.2) is 18.2 Å². The molecule has 0 aromatic heterocycles. The van der Waals surface area contributed by atoms with Gasteiger partial charge in [0.25, 0.3) is 11.8 Å². The maximum atomic E-state index is 11.9. The van der Waals surface area contributed by atoms with E-state index in [9.17, 15) is 14.4 Å². The summed E-state index contributed by atoms with van der Waals surface area (Å²) in [6, 6.07) is 4.39. The second-order valence-electron chi connectivity index (χ2n) is 5.23. The molecule has 0 saturated heterocycles. The zero-order chi connectivity index (χ0) is 18.1. The number of halogens is 2. The molecule has 0 unspecified atom stereocenters. The van der Waals surface area contributed by atoms with Crippen LogP contribution in [0.4, 0.5) is 0 Å². The largest absolute Gasteiger partial charge is 0.454 e. The Balaban J connectivity index is 2.34. The van der Waals surface area contributed by atoms with Crippen LogP contribution in [0.1, 0.15) is 37.0 Å². The molecule has 1 aromatic rings. The van der Waals surface area contributed by atoms with E-state index < -0.39 is 11.9 Å². The van der Waals surface area contributed by atoms with Crippen molar-refractivity contribution in [3.63, 3.8) is 0 Å². The minimum Gasteiger partial charge on any atom is -0.454 e. The second kappa shape index (κ2) is 10.2. The molecule has 0 radical (unpaired) electrons. The average Bonchev–Trinajstić information content (AvgIpc) is 2.53. The average molecular weight is 375 g/mol. The first kappa shape index (κ1) is 20.3. The van der Waals surface area contributed by atoms with Crippen LogP contribution in [-0.2, 0) is 14.3 Å². The summed E-state index contributed by atoms with van der Waals surface area (Å²) < 4.78 is 4.80. The van der Waals surface area contributed by atoms with Crippen molar-refractivity contribution in [3.8, 4) is 0 Å². The lowest BCUT2D eigenvalue weighted by atomic mass is 10.2. The van der Waals surface area contributed by atoms with E-state index in [2.05, 4.69) is 10.6 Å². The molecule has 8 heteroatoms. The van der Waals surface area contributed by atoms with Gasteiger partial charge >= 0.3 is 5.97 Å². The predicted molar refractivity (Wildman–Crippen MR) is 92.3 cm³/mol. The predicted octanol–water partition coefficient (Wildman–Crippen LogP) is 2.57. The number of rotatable bonds is 8. The van der Waals surface area contributed by atoms with Gasteiger partial charge in [-0.1, -0.05) is 36.5 Å². The van der Waals surface area contributed by atoms with E-state index in [0.29, 0.717) is 5.02 Å². The standard InChI is InChI=1S/C16H20Cl2N2O4/c1-3-4-10(2)20-14(21)9-24-15(22)8-19-16(23)11-5-6-12(17)13(18)7-11/h5-7,10H,3-4,8-9H2,1-2H3,(H,19,23)(H,20,21)/t10-/m1/s1. The van der Waals surface area contributed by atoms with Gasteiger partial charge in [0.05, 0.1) is 10.0 Å². The summed E-state index contributed by atoms with van der Waals surface area (Å²) in [5, 5.41) is 5.66. The quantitative estimate of drug-likeness (QED) is 0.684. The number of carbonyl (C=O) groups is 3. The van der Waals surface area contributed by atoms with Gasteiger partial charge in [-0.05, 0) is 31.5 Å². The van der Waals surface area contributed by atoms with Crippen molar-refractivity contribution in [1.29, 1.82) is 0 Å². The minimum absolute atomic E-state index is 0.0237. The first-order valence-corrected chi connectivity index (χ1v) is 8.27. The Morgan fingerprint density at radius 1 is 1.21 bits per heavy atom. The summed E-state index contributed by atoms with van der Waals surface area (Å²) in [5.74, 6) is -1.58. The van der Waals surface area contributed by atoms with Gasteiger partial charge in [0, 0.05) is 11.6 Å². The number of carbonyl (C=O) groups excluding carboxylic acids is 3. The number of esters is 1. The molecule has 0 spiro atoms. The van der Waals surface area contributed by atoms with E-state index in [1.54, 1.807) is 0 Å². The molecule has 2 amide bonds. The van der Waals surface area contributed by atoms with Crippen LogP contribution in [0.25, 0.3) is 0 Å². The Bertz CT molecular complexity index is 608. The van der Waals surface area contributed by atoms with Crippen LogP contribution in [0.2, 0.25) is 10.0 Å². The van der Waals surface area contributed by atoms with Gasteiger partial charge in [-0.3, -0.25) is 14.4 Å². The highest BCUT2D eigenvalue weighted by Gasteiger charge is 2.13. The number of ether oxygens (including phenoxy) is 1. The Morgan fingerprint density at radius 3 is 2.54 bits per heavy atom. The fourth-order valence-electron chi connectivity index (χ4n) is 1.91. The molecule has 0 heterocycles. The van der Waals surface area contributed by atoms with Crippen molar-refractivity contribution in [3.05, 3.63) is 33.8 Å². The van der Waals surface area contributed by atoms with Crippen molar-refractivity contribution in [2.45, 2.75) is 32.7 Å². The van der Waals surface area contributed by atoms with Crippen LogP contribution in [0.5, 0.6) is 0 Å². The Hall–Kier alpha value is -1.79. The Kier molecular flexibility index (Phi) is 8.57. The van der Waals surface area contributed by atoms with Gasteiger partial charge in [-0.2, -0.15) is 0 Å². The summed E-state index contributed by atoms with van der Waals surface area (Å²) in [5.41, 5.74) is 0.267. The van der Waals surface area contributed by atoms with E-state index >= 15 is 0 Å². The molecule has 2 N–H and O–H groups in total. The van der Waals surface area contributed by atoms with Crippen molar-refractivity contribution in [2.24, 2.45) is 0 Å². The van der Waals surface area contributed by atoms with Gasteiger partial charge in [-0.15, -0.1) is 0 Å². The molecule has 0 aliphatic rings. The van der Waals surface area contributed by atoms with Crippen LogP contribution in [-0.4, -0.2) is 37.0 Å². The smallest absolute Gasteiger partial charge is 0.325 e. The summed E-state index contributed by atoms with van der Waals surface area (Å²) >= 11 is 11.6. The lowest BCUT2D eigenvalue weighted by Crippen LogP contribution is -2.37. The van der Waals surface area contributed by atoms with Crippen molar-refractivity contribution in [1.82, 2.24) is 10.6 Å². The molecule has 1 rings (SSSR count). The summed E-state index contributed by atoms with van der Waals surface area (Å²) in [4.78, 5) is 35.0.